The third-order valence-electron chi connectivity index (χ3n) is 4.51. The van der Waals surface area contributed by atoms with Crippen LogP contribution < -0.4 is 5.32 Å². The van der Waals surface area contributed by atoms with Gasteiger partial charge in [0.25, 0.3) is 11.8 Å². The number of anilines is 1. The van der Waals surface area contributed by atoms with Crippen molar-refractivity contribution in [2.24, 2.45) is 5.16 Å². The molecule has 0 bridgehead atoms. The van der Waals surface area contributed by atoms with E-state index in [2.05, 4.69) is 20.4 Å². The highest BCUT2D eigenvalue weighted by atomic mass is 16.7. The molecule has 2 aliphatic rings. The number of nitrogens with one attached hydrogen (secondary N) is 1. The molecule has 4 rings (SSSR count). The number of oxime groups is 1. The second-order valence-corrected chi connectivity index (χ2v) is 6.38. The van der Waals surface area contributed by atoms with Crippen molar-refractivity contribution in [3.8, 4) is 0 Å². The Hall–Kier alpha value is -3.29. The molecule has 0 saturated carbocycles. The number of hydrogen-bond acceptors (Lipinski definition) is 6. The molecule has 1 N–H and O–H groups in total. The lowest BCUT2D eigenvalue weighted by molar-refractivity contribution is -0.110. The number of carbonyl (C=O) groups is 2. The Balaban J connectivity index is 1.38. The van der Waals surface area contributed by atoms with Crippen molar-refractivity contribution < 1.29 is 14.4 Å². The number of hydrogen-bond donors (Lipinski definition) is 1. The Bertz CT molecular complexity index is 856. The Morgan fingerprint density at radius 1 is 1.19 bits per heavy atom. The molecule has 1 spiro atoms. The summed E-state index contributed by atoms with van der Waals surface area (Å²) < 4.78 is 0. The highest BCUT2D eigenvalue weighted by Gasteiger charge is 2.48. The van der Waals surface area contributed by atoms with Crippen molar-refractivity contribution >= 4 is 23.2 Å². The van der Waals surface area contributed by atoms with Gasteiger partial charge in [0.1, 0.15) is 11.4 Å². The first-order chi connectivity index (χ1) is 12.7. The third-order valence-corrected chi connectivity index (χ3v) is 4.51. The topological polar surface area (TPSA) is 96.8 Å². The normalized spacial score (nSPS) is 21.4. The summed E-state index contributed by atoms with van der Waals surface area (Å²) in [7, 11) is 0. The molecular weight excluding hydrogens is 334 g/mol. The number of aromatic nitrogens is 2. The lowest BCUT2D eigenvalue weighted by Crippen LogP contribution is -2.37. The first-order valence-electron chi connectivity index (χ1n) is 8.32. The van der Waals surface area contributed by atoms with Gasteiger partial charge in [-0.3, -0.25) is 19.6 Å². The van der Waals surface area contributed by atoms with Gasteiger partial charge in [-0.25, -0.2) is 0 Å². The van der Waals surface area contributed by atoms with Crippen LogP contribution in [0.3, 0.4) is 0 Å². The minimum atomic E-state index is -0.633. The van der Waals surface area contributed by atoms with E-state index >= 15 is 0 Å². The molecule has 26 heavy (non-hydrogen) atoms. The van der Waals surface area contributed by atoms with Crippen LogP contribution in [0.1, 0.15) is 23.3 Å². The van der Waals surface area contributed by atoms with E-state index in [9.17, 15) is 9.59 Å². The first-order valence-corrected chi connectivity index (χ1v) is 8.32. The van der Waals surface area contributed by atoms with Crippen LogP contribution in [0, 0.1) is 0 Å². The zero-order valence-electron chi connectivity index (χ0n) is 14.0. The highest BCUT2D eigenvalue weighted by Crippen LogP contribution is 2.34. The van der Waals surface area contributed by atoms with Crippen molar-refractivity contribution in [3.63, 3.8) is 0 Å². The average molecular weight is 351 g/mol. The van der Waals surface area contributed by atoms with Crippen LogP contribution in [0.2, 0.25) is 0 Å². The molecule has 1 atom stereocenters. The fourth-order valence-electron chi connectivity index (χ4n) is 3.17. The maximum Gasteiger partial charge on any atom is 0.273 e. The zero-order valence-corrected chi connectivity index (χ0v) is 14.0. The number of amides is 2. The zero-order chi connectivity index (χ0) is 18.0. The van der Waals surface area contributed by atoms with Crippen molar-refractivity contribution in [2.45, 2.75) is 18.4 Å². The minimum absolute atomic E-state index is 0.140. The van der Waals surface area contributed by atoms with Gasteiger partial charge in [0, 0.05) is 31.8 Å². The number of pyridine rings is 2. The van der Waals surface area contributed by atoms with E-state index < -0.39 is 5.60 Å². The molecule has 2 aromatic rings. The van der Waals surface area contributed by atoms with Gasteiger partial charge in [0.15, 0.2) is 5.60 Å². The van der Waals surface area contributed by atoms with Crippen molar-refractivity contribution in [1.29, 1.82) is 0 Å². The molecule has 0 unspecified atom stereocenters. The molecule has 4 heterocycles. The fraction of sp³-hybridized carbons (Fsp3) is 0.278. The fourth-order valence-corrected chi connectivity index (χ4v) is 3.17. The van der Waals surface area contributed by atoms with Crippen LogP contribution in [0.4, 0.5) is 5.69 Å². The molecule has 1 saturated heterocycles. The van der Waals surface area contributed by atoms with Crippen molar-refractivity contribution in [3.05, 3.63) is 54.6 Å². The van der Waals surface area contributed by atoms with E-state index in [-0.39, 0.29) is 11.8 Å². The third kappa shape index (κ3) is 3.13. The first kappa shape index (κ1) is 16.2. The summed E-state index contributed by atoms with van der Waals surface area (Å²) in [6.07, 6.45) is 5.78. The quantitative estimate of drug-likeness (QED) is 0.903. The Morgan fingerprint density at radius 2 is 2.12 bits per heavy atom. The van der Waals surface area contributed by atoms with Crippen LogP contribution in [-0.4, -0.2) is 51.1 Å². The Labute approximate surface area is 149 Å². The van der Waals surface area contributed by atoms with Crippen LogP contribution in [-0.2, 0) is 9.63 Å². The van der Waals surface area contributed by atoms with Crippen LogP contribution >= 0.6 is 0 Å². The van der Waals surface area contributed by atoms with E-state index in [0.29, 0.717) is 43.0 Å². The van der Waals surface area contributed by atoms with Crippen molar-refractivity contribution in [2.75, 3.05) is 18.4 Å². The molecule has 2 amide bonds. The highest BCUT2D eigenvalue weighted by molar-refractivity contribution is 6.43. The number of carbonyl (C=O) groups excluding carboxylic acids is 2. The Kier molecular flexibility index (Phi) is 4.08. The summed E-state index contributed by atoms with van der Waals surface area (Å²) in [6, 6.07) is 8.72. The van der Waals surface area contributed by atoms with Gasteiger partial charge in [-0.05, 0) is 24.3 Å². The summed E-state index contributed by atoms with van der Waals surface area (Å²) in [5, 5.41) is 6.71. The van der Waals surface area contributed by atoms with Crippen LogP contribution in [0.25, 0.3) is 0 Å². The van der Waals surface area contributed by atoms with E-state index in [0.717, 1.165) is 0 Å². The standard InChI is InChI=1S/C18H17N5O3/c24-16(21-13-4-3-7-19-11-13)15-10-18(26-22-15)6-9-23(12-18)17(25)14-5-1-2-8-20-14/h1-5,7-8,11H,6,9-10,12H2,(H,21,24)/t18-/m1/s1. The largest absolute Gasteiger partial charge is 0.386 e. The second kappa shape index (κ2) is 6.55. The average Bonchev–Trinajstić information content (AvgIpc) is 3.30. The SMILES string of the molecule is O=C(Nc1cccnc1)C1=NO[C@]2(CCN(C(=O)c3ccccn3)C2)C1. The molecule has 0 radical (unpaired) electrons. The predicted octanol–water partition coefficient (Wildman–Crippen LogP) is 1.48. The molecular formula is C18H17N5O3. The monoisotopic (exact) mass is 351 g/mol. The lowest BCUT2D eigenvalue weighted by atomic mass is 9.96. The summed E-state index contributed by atoms with van der Waals surface area (Å²) in [6.45, 7) is 0.929. The predicted molar refractivity (Wildman–Crippen MR) is 93.5 cm³/mol. The number of likely N-dealkylation sites (tertiary alicyclic amines) is 1. The lowest BCUT2D eigenvalue weighted by Gasteiger charge is -2.21. The van der Waals surface area contributed by atoms with E-state index in [1.54, 1.807) is 53.8 Å². The Morgan fingerprint density at radius 3 is 2.88 bits per heavy atom. The van der Waals surface area contributed by atoms with Gasteiger partial charge >= 0.3 is 0 Å². The van der Waals surface area contributed by atoms with Crippen LogP contribution in [0.15, 0.2) is 54.1 Å². The maximum absolute atomic E-state index is 12.5. The van der Waals surface area contributed by atoms with Gasteiger partial charge in [-0.2, -0.15) is 0 Å². The summed E-state index contributed by atoms with van der Waals surface area (Å²) in [5.74, 6) is -0.455. The van der Waals surface area contributed by atoms with Gasteiger partial charge in [-0.1, -0.05) is 11.2 Å². The van der Waals surface area contributed by atoms with E-state index in [1.165, 1.54) is 0 Å². The van der Waals surface area contributed by atoms with Crippen molar-refractivity contribution in [1.82, 2.24) is 14.9 Å². The van der Waals surface area contributed by atoms with Gasteiger partial charge in [0.05, 0.1) is 18.4 Å². The van der Waals surface area contributed by atoms with E-state index in [1.807, 2.05) is 0 Å². The minimum Gasteiger partial charge on any atom is -0.386 e. The summed E-state index contributed by atoms with van der Waals surface area (Å²) >= 11 is 0. The second-order valence-electron chi connectivity index (χ2n) is 6.38. The molecule has 2 aromatic heterocycles. The summed E-state index contributed by atoms with van der Waals surface area (Å²) in [5.41, 5.74) is 0.685. The maximum atomic E-state index is 12.5. The van der Waals surface area contributed by atoms with Crippen LogP contribution in [0.5, 0.6) is 0 Å². The number of nitrogens with zero attached hydrogens (tertiary/aromatic N) is 4. The van der Waals surface area contributed by atoms with Gasteiger partial charge in [-0.15, -0.1) is 0 Å². The van der Waals surface area contributed by atoms with Gasteiger partial charge < -0.3 is 15.1 Å². The molecule has 1 fully saturated rings. The van der Waals surface area contributed by atoms with Gasteiger partial charge in [0.2, 0.25) is 0 Å². The summed E-state index contributed by atoms with van der Waals surface area (Å²) in [4.78, 5) is 40.2. The number of rotatable bonds is 3. The molecule has 0 aliphatic carbocycles. The molecule has 132 valence electrons. The molecule has 0 aromatic carbocycles. The smallest absolute Gasteiger partial charge is 0.273 e. The molecule has 8 heteroatoms. The molecule has 8 nitrogen and oxygen atoms in total. The molecule has 2 aliphatic heterocycles. The van der Waals surface area contributed by atoms with E-state index in [4.69, 9.17) is 4.84 Å².